The van der Waals surface area contributed by atoms with E-state index in [9.17, 15) is 23.7 Å². The number of rotatable bonds is 3. The zero-order valence-corrected chi connectivity index (χ0v) is 8.24. The third-order valence-corrected chi connectivity index (χ3v) is 2.01. The summed E-state index contributed by atoms with van der Waals surface area (Å²) in [6.07, 6.45) is -3.01. The highest BCUT2D eigenvalue weighted by molar-refractivity contribution is 6.00. The van der Waals surface area contributed by atoms with Crippen LogP contribution in [0, 0.1) is 10.1 Å². The first-order chi connectivity index (χ1) is 7.34. The Morgan fingerprint density at radius 2 is 2.06 bits per heavy atom. The van der Waals surface area contributed by atoms with Gasteiger partial charge in [-0.2, -0.15) is 0 Å². The maximum absolute atomic E-state index is 12.5. The summed E-state index contributed by atoms with van der Waals surface area (Å²) in [5, 5.41) is 10.5. The Morgan fingerprint density at radius 1 is 1.50 bits per heavy atom. The highest BCUT2D eigenvalue weighted by Gasteiger charge is 2.24. The van der Waals surface area contributed by atoms with Crippen molar-refractivity contribution in [3.8, 4) is 0 Å². The van der Waals surface area contributed by atoms with E-state index in [2.05, 4.69) is 0 Å². The number of nitro benzene ring substituents is 1. The molecule has 0 aromatic heterocycles. The highest BCUT2D eigenvalue weighted by atomic mass is 19.3. The second kappa shape index (κ2) is 4.21. The quantitative estimate of drug-likeness (QED) is 0.373. The van der Waals surface area contributed by atoms with Crippen molar-refractivity contribution in [1.29, 1.82) is 0 Å². The van der Waals surface area contributed by atoms with Gasteiger partial charge in [0.05, 0.1) is 10.5 Å². The Hall–Kier alpha value is -2.05. The van der Waals surface area contributed by atoms with E-state index < -0.39 is 28.4 Å². The number of carbonyl (C=O) groups is 1. The average Bonchev–Trinajstić information content (AvgIpc) is 2.15. The van der Waals surface area contributed by atoms with Crippen molar-refractivity contribution in [3.05, 3.63) is 33.4 Å². The second-order valence-corrected chi connectivity index (χ2v) is 3.11. The molecule has 0 spiro atoms. The zero-order chi connectivity index (χ0) is 12.5. The van der Waals surface area contributed by atoms with Gasteiger partial charge in [0.25, 0.3) is 12.1 Å². The van der Waals surface area contributed by atoms with Gasteiger partial charge in [-0.05, 0) is 13.0 Å². The van der Waals surface area contributed by atoms with Crippen molar-refractivity contribution in [3.63, 3.8) is 0 Å². The van der Waals surface area contributed by atoms with E-state index in [-0.39, 0.29) is 11.3 Å². The molecule has 0 aliphatic heterocycles. The van der Waals surface area contributed by atoms with Crippen LogP contribution in [0.15, 0.2) is 12.1 Å². The Balaban J connectivity index is 3.49. The summed E-state index contributed by atoms with van der Waals surface area (Å²) in [6, 6.07) is 1.54. The lowest BCUT2D eigenvalue weighted by atomic mass is 10.0. The maximum Gasteiger partial charge on any atom is 0.279 e. The molecule has 0 aliphatic carbocycles. The fourth-order valence-electron chi connectivity index (χ4n) is 1.26. The Kier molecular flexibility index (Phi) is 3.17. The molecule has 2 N–H and O–H groups in total. The number of nitrogens with two attached hydrogens (primary N) is 1. The van der Waals surface area contributed by atoms with Gasteiger partial charge in [-0.3, -0.25) is 14.9 Å². The molecular weight excluding hydrogens is 222 g/mol. The molecule has 0 bridgehead atoms. The molecule has 0 radical (unpaired) electrons. The molecule has 1 aromatic rings. The van der Waals surface area contributed by atoms with Crippen LogP contribution in [0.1, 0.15) is 29.3 Å². The maximum atomic E-state index is 12.5. The first kappa shape index (κ1) is 12.0. The number of benzene rings is 1. The molecule has 0 aliphatic rings. The van der Waals surface area contributed by atoms with Crippen LogP contribution in [0.25, 0.3) is 0 Å². The predicted molar refractivity (Wildman–Crippen MR) is 52.5 cm³/mol. The number of hydrogen-bond donors (Lipinski definition) is 1. The SMILES string of the molecule is CC(=O)c1cc([N+](=O)[O-])c(C(F)F)cc1N. The Morgan fingerprint density at radius 3 is 2.44 bits per heavy atom. The lowest BCUT2D eigenvalue weighted by Crippen LogP contribution is -2.04. The topological polar surface area (TPSA) is 86.2 Å². The molecule has 7 heteroatoms. The molecule has 1 rings (SSSR count). The van der Waals surface area contributed by atoms with Gasteiger partial charge in [0, 0.05) is 17.3 Å². The third-order valence-electron chi connectivity index (χ3n) is 2.01. The van der Waals surface area contributed by atoms with Crippen LogP contribution in [0.5, 0.6) is 0 Å². The van der Waals surface area contributed by atoms with Crippen LogP contribution < -0.4 is 5.73 Å². The van der Waals surface area contributed by atoms with Gasteiger partial charge < -0.3 is 5.73 Å². The number of anilines is 1. The summed E-state index contributed by atoms with van der Waals surface area (Å²) in [4.78, 5) is 20.6. The summed E-state index contributed by atoms with van der Waals surface area (Å²) in [6.45, 7) is 1.15. The molecule has 86 valence electrons. The van der Waals surface area contributed by atoms with Gasteiger partial charge in [0.15, 0.2) is 5.78 Å². The van der Waals surface area contributed by atoms with Gasteiger partial charge in [-0.25, -0.2) is 8.78 Å². The Labute approximate surface area is 89.0 Å². The minimum absolute atomic E-state index is 0.129. The van der Waals surface area contributed by atoms with Gasteiger partial charge in [0.2, 0.25) is 0 Å². The largest absolute Gasteiger partial charge is 0.398 e. The number of alkyl halides is 2. The first-order valence-corrected chi connectivity index (χ1v) is 4.21. The van der Waals surface area contributed by atoms with Crippen molar-refractivity contribution in [2.45, 2.75) is 13.3 Å². The molecule has 0 saturated carbocycles. The first-order valence-electron chi connectivity index (χ1n) is 4.21. The molecule has 0 fully saturated rings. The number of ketones is 1. The molecule has 0 atom stereocenters. The van der Waals surface area contributed by atoms with Gasteiger partial charge in [-0.1, -0.05) is 0 Å². The van der Waals surface area contributed by atoms with E-state index in [0.29, 0.717) is 0 Å². The third kappa shape index (κ3) is 2.13. The van der Waals surface area contributed by atoms with E-state index in [4.69, 9.17) is 5.73 Å². The Bertz CT molecular complexity index is 460. The lowest BCUT2D eigenvalue weighted by Gasteiger charge is -2.06. The van der Waals surface area contributed by atoms with E-state index in [1.165, 1.54) is 0 Å². The second-order valence-electron chi connectivity index (χ2n) is 3.11. The smallest absolute Gasteiger partial charge is 0.279 e. The fraction of sp³-hybridized carbons (Fsp3) is 0.222. The number of halogens is 2. The molecule has 0 amide bonds. The van der Waals surface area contributed by atoms with Gasteiger partial charge in [-0.15, -0.1) is 0 Å². The number of nitrogen functional groups attached to an aromatic ring is 1. The van der Waals surface area contributed by atoms with Crippen LogP contribution in [0.4, 0.5) is 20.2 Å². The monoisotopic (exact) mass is 230 g/mol. The van der Waals surface area contributed by atoms with Crippen molar-refractivity contribution in [1.82, 2.24) is 0 Å². The van der Waals surface area contributed by atoms with Crippen molar-refractivity contribution in [2.75, 3.05) is 5.73 Å². The van der Waals surface area contributed by atoms with Crippen molar-refractivity contribution >= 4 is 17.2 Å². The summed E-state index contributed by atoms with van der Waals surface area (Å²) in [5.41, 5.74) is 3.46. The zero-order valence-electron chi connectivity index (χ0n) is 8.24. The average molecular weight is 230 g/mol. The number of Topliss-reactive ketones (excluding diaryl/α,β-unsaturated/α-hetero) is 1. The summed E-state index contributed by atoms with van der Waals surface area (Å²) >= 11 is 0. The standard InChI is InChI=1S/C9H8F2N2O3/c1-4(14)5-3-8(13(15)16)6(9(10)11)2-7(5)12/h2-3,9H,12H2,1H3. The van der Waals surface area contributed by atoms with E-state index in [0.717, 1.165) is 19.1 Å². The molecule has 5 nitrogen and oxygen atoms in total. The molecule has 0 heterocycles. The molecule has 16 heavy (non-hydrogen) atoms. The van der Waals surface area contributed by atoms with Crippen molar-refractivity contribution in [2.24, 2.45) is 0 Å². The van der Waals surface area contributed by atoms with Crippen molar-refractivity contribution < 1.29 is 18.5 Å². The van der Waals surface area contributed by atoms with Crippen LogP contribution >= 0.6 is 0 Å². The van der Waals surface area contributed by atoms with Gasteiger partial charge >= 0.3 is 0 Å². The normalized spacial score (nSPS) is 10.5. The summed E-state index contributed by atoms with van der Waals surface area (Å²) < 4.78 is 24.9. The summed E-state index contributed by atoms with van der Waals surface area (Å²) in [5.74, 6) is -0.513. The minimum Gasteiger partial charge on any atom is -0.398 e. The summed E-state index contributed by atoms with van der Waals surface area (Å²) in [7, 11) is 0. The van der Waals surface area contributed by atoms with Crippen LogP contribution in [-0.4, -0.2) is 10.7 Å². The highest BCUT2D eigenvalue weighted by Crippen LogP contribution is 2.32. The van der Waals surface area contributed by atoms with Crippen LogP contribution in [0.2, 0.25) is 0 Å². The lowest BCUT2D eigenvalue weighted by molar-refractivity contribution is -0.386. The minimum atomic E-state index is -3.01. The van der Waals surface area contributed by atoms with E-state index in [1.807, 2.05) is 0 Å². The molecule has 0 unspecified atom stereocenters. The number of carbonyl (C=O) groups excluding carboxylic acids is 1. The van der Waals surface area contributed by atoms with Crippen LogP contribution in [0.3, 0.4) is 0 Å². The molecular formula is C9H8F2N2O3. The van der Waals surface area contributed by atoms with E-state index >= 15 is 0 Å². The van der Waals surface area contributed by atoms with Crippen LogP contribution in [-0.2, 0) is 0 Å². The fourth-order valence-corrected chi connectivity index (χ4v) is 1.26. The molecule has 1 aromatic carbocycles. The number of nitro groups is 1. The molecule has 0 saturated heterocycles. The van der Waals surface area contributed by atoms with E-state index in [1.54, 1.807) is 0 Å². The number of nitrogens with zero attached hydrogens (tertiary/aromatic N) is 1. The predicted octanol–water partition coefficient (Wildman–Crippen LogP) is 2.32. The van der Waals surface area contributed by atoms with Gasteiger partial charge in [0.1, 0.15) is 0 Å². The number of hydrogen-bond acceptors (Lipinski definition) is 4.